The zero-order valence-electron chi connectivity index (χ0n) is 15.9. The Morgan fingerprint density at radius 1 is 1.03 bits per heavy atom. The zero-order valence-corrected chi connectivity index (χ0v) is 16.7. The van der Waals surface area contributed by atoms with Crippen molar-refractivity contribution in [2.45, 2.75) is 43.0 Å². The van der Waals surface area contributed by atoms with Crippen molar-refractivity contribution in [2.75, 3.05) is 16.8 Å². The topological polar surface area (TPSA) is 95.6 Å². The van der Waals surface area contributed by atoms with Gasteiger partial charge >= 0.3 is 0 Å². The third-order valence-corrected chi connectivity index (χ3v) is 6.56. The van der Waals surface area contributed by atoms with Gasteiger partial charge in [-0.1, -0.05) is 12.1 Å². The van der Waals surface area contributed by atoms with Gasteiger partial charge in [-0.25, -0.2) is 13.1 Å². The van der Waals surface area contributed by atoms with Crippen LogP contribution in [0.3, 0.4) is 0 Å². The van der Waals surface area contributed by atoms with Gasteiger partial charge in [0.1, 0.15) is 0 Å². The first kappa shape index (κ1) is 19.6. The lowest BCUT2D eigenvalue weighted by Crippen LogP contribution is -2.35. The van der Waals surface area contributed by atoms with Crippen LogP contribution in [0.5, 0.6) is 0 Å². The number of hydrogen-bond donors (Lipinski definition) is 2. The Hall–Kier alpha value is -2.71. The molecule has 1 aliphatic heterocycles. The van der Waals surface area contributed by atoms with E-state index in [1.807, 2.05) is 6.07 Å². The third kappa shape index (κ3) is 4.65. The summed E-state index contributed by atoms with van der Waals surface area (Å²) in [6.45, 7) is 0.671. The van der Waals surface area contributed by atoms with E-state index in [4.69, 9.17) is 0 Å². The molecule has 2 fully saturated rings. The van der Waals surface area contributed by atoms with Crippen molar-refractivity contribution < 1.29 is 18.0 Å². The molecule has 0 atom stereocenters. The van der Waals surface area contributed by atoms with Crippen molar-refractivity contribution in [3.05, 3.63) is 54.1 Å². The minimum absolute atomic E-state index is 0.00211. The Balaban J connectivity index is 1.50. The Labute approximate surface area is 170 Å². The van der Waals surface area contributed by atoms with Crippen molar-refractivity contribution in [1.29, 1.82) is 0 Å². The van der Waals surface area contributed by atoms with E-state index in [-0.39, 0.29) is 22.4 Å². The molecule has 2 aromatic carbocycles. The number of hydrogen-bond acceptors (Lipinski definition) is 4. The normalized spacial score (nSPS) is 17.2. The summed E-state index contributed by atoms with van der Waals surface area (Å²) in [5, 5.41) is 2.79. The fourth-order valence-corrected chi connectivity index (χ4v) is 4.68. The van der Waals surface area contributed by atoms with Crippen LogP contribution in [-0.4, -0.2) is 32.8 Å². The lowest BCUT2D eigenvalue weighted by atomic mass is 10.1. The van der Waals surface area contributed by atoms with Crippen LogP contribution in [0, 0.1) is 0 Å². The minimum atomic E-state index is -3.63. The molecule has 2 aliphatic rings. The second-order valence-corrected chi connectivity index (χ2v) is 9.14. The molecule has 0 spiro atoms. The van der Waals surface area contributed by atoms with Crippen LogP contribution >= 0.6 is 0 Å². The zero-order chi connectivity index (χ0) is 20.4. The van der Waals surface area contributed by atoms with Crippen LogP contribution < -0.4 is 14.9 Å². The summed E-state index contributed by atoms with van der Waals surface area (Å²) in [6, 6.07) is 13.1. The number of anilines is 2. The largest absolute Gasteiger partial charge is 0.322 e. The molecule has 4 rings (SSSR count). The number of piperidine rings is 1. The lowest BCUT2D eigenvalue weighted by Gasteiger charge is -2.27. The summed E-state index contributed by atoms with van der Waals surface area (Å²) >= 11 is 0. The molecular formula is C21H23N3O4S. The van der Waals surface area contributed by atoms with Crippen LogP contribution in [0.15, 0.2) is 53.4 Å². The van der Waals surface area contributed by atoms with Crippen LogP contribution in [0.1, 0.15) is 42.5 Å². The second-order valence-electron chi connectivity index (χ2n) is 7.43. The molecular weight excluding hydrogens is 390 g/mol. The number of nitrogens with zero attached hydrogens (tertiary/aromatic N) is 1. The van der Waals surface area contributed by atoms with Crippen molar-refractivity contribution in [2.24, 2.45) is 0 Å². The molecule has 29 heavy (non-hydrogen) atoms. The van der Waals surface area contributed by atoms with Crippen LogP contribution in [0.4, 0.5) is 11.4 Å². The first-order chi connectivity index (χ1) is 13.9. The first-order valence-corrected chi connectivity index (χ1v) is 11.2. The Morgan fingerprint density at radius 2 is 1.83 bits per heavy atom. The van der Waals surface area contributed by atoms with Crippen molar-refractivity contribution >= 4 is 33.2 Å². The third-order valence-electron chi connectivity index (χ3n) is 5.04. The molecule has 2 aromatic rings. The lowest BCUT2D eigenvalue weighted by molar-refractivity contribution is -0.119. The molecule has 1 saturated heterocycles. The molecule has 0 bridgehead atoms. The number of carbonyl (C=O) groups is 2. The van der Waals surface area contributed by atoms with Crippen LogP contribution in [-0.2, 0) is 14.8 Å². The molecule has 2 N–H and O–H groups in total. The van der Waals surface area contributed by atoms with Crippen LogP contribution in [0.2, 0.25) is 0 Å². The van der Waals surface area contributed by atoms with Gasteiger partial charge in [-0.3, -0.25) is 9.59 Å². The molecule has 1 saturated carbocycles. The molecule has 1 heterocycles. The van der Waals surface area contributed by atoms with Gasteiger partial charge in [-0.05, 0) is 62.1 Å². The van der Waals surface area contributed by atoms with Crippen molar-refractivity contribution in [1.82, 2.24) is 4.72 Å². The van der Waals surface area contributed by atoms with Gasteiger partial charge in [0.05, 0.1) is 4.90 Å². The Kier molecular flexibility index (Phi) is 5.38. The van der Waals surface area contributed by atoms with E-state index in [1.54, 1.807) is 35.2 Å². The maximum atomic E-state index is 12.7. The summed E-state index contributed by atoms with van der Waals surface area (Å²) in [7, 11) is -3.63. The number of nitrogens with one attached hydrogen (secondary N) is 2. The SMILES string of the molecule is O=C(Nc1cccc(N2CCCCC2=O)c1)c1cccc(S(=O)(=O)NC2CC2)c1. The highest BCUT2D eigenvalue weighted by Gasteiger charge is 2.28. The highest BCUT2D eigenvalue weighted by Crippen LogP contribution is 2.25. The minimum Gasteiger partial charge on any atom is -0.322 e. The summed E-state index contributed by atoms with van der Waals surface area (Å²) < 4.78 is 27.4. The number of rotatable bonds is 6. The molecule has 0 unspecified atom stereocenters. The second kappa shape index (κ2) is 7.96. The van der Waals surface area contributed by atoms with E-state index in [2.05, 4.69) is 10.0 Å². The van der Waals surface area contributed by atoms with Crippen LogP contribution in [0.25, 0.3) is 0 Å². The average molecular weight is 413 g/mol. The van der Waals surface area contributed by atoms with Gasteiger partial charge in [0, 0.05) is 35.9 Å². The maximum absolute atomic E-state index is 12.7. The van der Waals surface area contributed by atoms with E-state index < -0.39 is 15.9 Å². The predicted octanol–water partition coefficient (Wildman–Crippen LogP) is 2.90. The Bertz CT molecular complexity index is 1050. The van der Waals surface area contributed by atoms with Gasteiger partial charge in [0.2, 0.25) is 15.9 Å². The fraction of sp³-hybridized carbons (Fsp3) is 0.333. The Morgan fingerprint density at radius 3 is 2.59 bits per heavy atom. The molecule has 1 aliphatic carbocycles. The number of amides is 2. The number of sulfonamides is 1. The smallest absolute Gasteiger partial charge is 0.255 e. The van der Waals surface area contributed by atoms with E-state index in [1.165, 1.54) is 12.1 Å². The number of benzene rings is 2. The fourth-order valence-electron chi connectivity index (χ4n) is 3.33. The summed E-state index contributed by atoms with van der Waals surface area (Å²) in [5.74, 6) is -0.323. The van der Waals surface area contributed by atoms with Gasteiger partial charge in [-0.15, -0.1) is 0 Å². The molecule has 8 heteroatoms. The molecule has 2 amide bonds. The molecule has 152 valence electrons. The maximum Gasteiger partial charge on any atom is 0.255 e. The van der Waals surface area contributed by atoms with Gasteiger partial charge in [-0.2, -0.15) is 0 Å². The van der Waals surface area contributed by atoms with Crippen molar-refractivity contribution in [3.8, 4) is 0 Å². The molecule has 7 nitrogen and oxygen atoms in total. The standard InChI is InChI=1S/C21H23N3O4S/c25-20-9-1-2-12-24(20)18-7-4-6-17(14-18)22-21(26)15-5-3-8-19(13-15)29(27,28)23-16-10-11-16/h3-8,13-14,16,23H,1-2,9-12H2,(H,22,26). The quantitative estimate of drug-likeness (QED) is 0.761. The number of carbonyl (C=O) groups excluding carboxylic acids is 2. The van der Waals surface area contributed by atoms with Gasteiger partial charge in [0.25, 0.3) is 5.91 Å². The highest BCUT2D eigenvalue weighted by atomic mass is 32.2. The van der Waals surface area contributed by atoms with E-state index in [0.29, 0.717) is 18.7 Å². The molecule has 0 aromatic heterocycles. The summed E-state index contributed by atoms with van der Waals surface area (Å²) in [4.78, 5) is 26.6. The first-order valence-electron chi connectivity index (χ1n) is 9.76. The summed E-state index contributed by atoms with van der Waals surface area (Å²) in [6.07, 6.45) is 4.08. The van der Waals surface area contributed by atoms with E-state index in [9.17, 15) is 18.0 Å². The highest BCUT2D eigenvalue weighted by molar-refractivity contribution is 7.89. The van der Waals surface area contributed by atoms with E-state index >= 15 is 0 Å². The average Bonchev–Trinajstić information content (AvgIpc) is 3.52. The predicted molar refractivity (Wildman–Crippen MR) is 110 cm³/mol. The van der Waals surface area contributed by atoms with Crippen molar-refractivity contribution in [3.63, 3.8) is 0 Å². The summed E-state index contributed by atoms with van der Waals surface area (Å²) in [5.41, 5.74) is 1.55. The van der Waals surface area contributed by atoms with E-state index in [0.717, 1.165) is 31.4 Å². The monoisotopic (exact) mass is 413 g/mol. The van der Waals surface area contributed by atoms with Gasteiger partial charge < -0.3 is 10.2 Å². The van der Waals surface area contributed by atoms with Gasteiger partial charge in [0.15, 0.2) is 0 Å². The molecule has 0 radical (unpaired) electrons.